The number of hydrogen-bond donors (Lipinski definition) is 2. The minimum Gasteiger partial charge on any atom is -0.277 e. The van der Waals surface area contributed by atoms with Gasteiger partial charge in [0.1, 0.15) is 5.82 Å². The SMILES string of the molecule is CCc1ccc(S(=O)(=O)N/N=C/c2cn[nH]c2-c2ccc(F)cc2)cc1. The Kier molecular flexibility index (Phi) is 5.13. The number of halogens is 1. The first-order chi connectivity index (χ1) is 12.5. The molecule has 0 radical (unpaired) electrons. The van der Waals surface area contributed by atoms with Gasteiger partial charge in [-0.15, -0.1) is 0 Å². The van der Waals surface area contributed by atoms with Crippen molar-refractivity contribution in [3.8, 4) is 11.3 Å². The minimum absolute atomic E-state index is 0.137. The van der Waals surface area contributed by atoms with Gasteiger partial charge in [-0.05, 0) is 48.4 Å². The van der Waals surface area contributed by atoms with Gasteiger partial charge in [-0.2, -0.15) is 18.6 Å². The van der Waals surface area contributed by atoms with Crippen LogP contribution < -0.4 is 4.83 Å². The van der Waals surface area contributed by atoms with Gasteiger partial charge in [0.25, 0.3) is 10.0 Å². The first-order valence-corrected chi connectivity index (χ1v) is 9.41. The third kappa shape index (κ3) is 3.97. The molecule has 0 aliphatic rings. The van der Waals surface area contributed by atoms with Crippen molar-refractivity contribution in [3.05, 3.63) is 71.7 Å². The van der Waals surface area contributed by atoms with E-state index < -0.39 is 10.0 Å². The smallest absolute Gasteiger partial charge is 0.276 e. The Bertz CT molecular complexity index is 1010. The van der Waals surface area contributed by atoms with Crippen molar-refractivity contribution in [2.45, 2.75) is 18.2 Å². The summed E-state index contributed by atoms with van der Waals surface area (Å²) in [5.74, 6) is -0.342. The van der Waals surface area contributed by atoms with Crippen molar-refractivity contribution in [1.29, 1.82) is 0 Å². The number of hydrogen-bond acceptors (Lipinski definition) is 4. The molecule has 2 aromatic carbocycles. The molecule has 0 saturated heterocycles. The number of rotatable bonds is 6. The highest BCUT2D eigenvalue weighted by Crippen LogP contribution is 2.20. The summed E-state index contributed by atoms with van der Waals surface area (Å²) in [5, 5.41) is 10.5. The molecule has 3 aromatic rings. The summed E-state index contributed by atoms with van der Waals surface area (Å²) in [6.45, 7) is 2.00. The summed E-state index contributed by atoms with van der Waals surface area (Å²) in [5.41, 5.74) is 2.94. The van der Waals surface area contributed by atoms with Gasteiger partial charge in [-0.25, -0.2) is 9.22 Å². The van der Waals surface area contributed by atoms with Crippen LogP contribution in [0.3, 0.4) is 0 Å². The van der Waals surface area contributed by atoms with Gasteiger partial charge in [-0.3, -0.25) is 5.10 Å². The van der Waals surface area contributed by atoms with Crippen molar-refractivity contribution >= 4 is 16.2 Å². The molecule has 0 fully saturated rings. The lowest BCUT2D eigenvalue weighted by Crippen LogP contribution is -2.18. The molecule has 0 saturated carbocycles. The largest absolute Gasteiger partial charge is 0.277 e. The maximum Gasteiger partial charge on any atom is 0.276 e. The number of benzene rings is 2. The molecule has 0 amide bonds. The van der Waals surface area contributed by atoms with Crippen molar-refractivity contribution in [3.63, 3.8) is 0 Å². The highest BCUT2D eigenvalue weighted by Gasteiger charge is 2.12. The molecule has 3 rings (SSSR count). The third-order valence-corrected chi connectivity index (χ3v) is 5.06. The van der Waals surface area contributed by atoms with Crippen LogP contribution in [0.25, 0.3) is 11.3 Å². The number of nitrogens with zero attached hydrogens (tertiary/aromatic N) is 2. The van der Waals surface area contributed by atoms with Crippen LogP contribution in [0, 0.1) is 5.82 Å². The average Bonchev–Trinajstić information content (AvgIpc) is 3.11. The quantitative estimate of drug-likeness (QED) is 0.515. The minimum atomic E-state index is -3.75. The van der Waals surface area contributed by atoms with Crippen LogP contribution in [-0.2, 0) is 16.4 Å². The van der Waals surface area contributed by atoms with E-state index in [0.29, 0.717) is 16.8 Å². The monoisotopic (exact) mass is 372 g/mol. The first-order valence-electron chi connectivity index (χ1n) is 7.92. The van der Waals surface area contributed by atoms with Gasteiger partial charge >= 0.3 is 0 Å². The van der Waals surface area contributed by atoms with E-state index in [1.165, 1.54) is 24.5 Å². The van der Waals surface area contributed by atoms with Crippen LogP contribution in [-0.4, -0.2) is 24.8 Å². The molecule has 1 aromatic heterocycles. The molecule has 2 N–H and O–H groups in total. The van der Waals surface area contributed by atoms with Crippen LogP contribution >= 0.6 is 0 Å². The van der Waals surface area contributed by atoms with Crippen LogP contribution in [0.2, 0.25) is 0 Å². The predicted molar refractivity (Wildman–Crippen MR) is 97.7 cm³/mol. The number of aromatic amines is 1. The summed E-state index contributed by atoms with van der Waals surface area (Å²) in [6, 6.07) is 12.5. The average molecular weight is 372 g/mol. The molecular weight excluding hydrogens is 355 g/mol. The highest BCUT2D eigenvalue weighted by atomic mass is 32.2. The molecule has 26 heavy (non-hydrogen) atoms. The van der Waals surface area contributed by atoms with Gasteiger partial charge in [0.2, 0.25) is 0 Å². The van der Waals surface area contributed by atoms with Crippen LogP contribution in [0.1, 0.15) is 18.1 Å². The van der Waals surface area contributed by atoms with E-state index in [0.717, 1.165) is 12.0 Å². The van der Waals surface area contributed by atoms with Gasteiger partial charge in [-0.1, -0.05) is 19.1 Å². The second-order valence-electron chi connectivity index (χ2n) is 5.56. The molecule has 1 heterocycles. The Morgan fingerprint density at radius 1 is 1.15 bits per heavy atom. The number of hydrazone groups is 1. The third-order valence-electron chi connectivity index (χ3n) is 3.82. The van der Waals surface area contributed by atoms with Crippen molar-refractivity contribution in [2.75, 3.05) is 0 Å². The molecule has 6 nitrogen and oxygen atoms in total. The number of aryl methyl sites for hydroxylation is 1. The van der Waals surface area contributed by atoms with E-state index in [1.54, 1.807) is 36.4 Å². The normalized spacial score (nSPS) is 11.8. The van der Waals surface area contributed by atoms with Crippen LogP contribution in [0.15, 0.2) is 64.7 Å². The van der Waals surface area contributed by atoms with E-state index in [1.807, 2.05) is 6.92 Å². The molecule has 134 valence electrons. The zero-order valence-corrected chi connectivity index (χ0v) is 14.8. The summed E-state index contributed by atoms with van der Waals surface area (Å²) < 4.78 is 37.6. The fourth-order valence-electron chi connectivity index (χ4n) is 2.36. The first kappa shape index (κ1) is 17.8. The van der Waals surface area contributed by atoms with E-state index in [2.05, 4.69) is 20.1 Å². The summed E-state index contributed by atoms with van der Waals surface area (Å²) in [6.07, 6.45) is 3.69. The summed E-state index contributed by atoms with van der Waals surface area (Å²) in [4.78, 5) is 2.32. The molecule has 0 aliphatic carbocycles. The molecule has 8 heteroatoms. The molecular formula is C18H17FN4O2S. The van der Waals surface area contributed by atoms with E-state index >= 15 is 0 Å². The lowest BCUT2D eigenvalue weighted by molar-refractivity contribution is 0.584. The second kappa shape index (κ2) is 7.49. The van der Waals surface area contributed by atoms with Gasteiger partial charge in [0, 0.05) is 11.1 Å². The Hall–Kier alpha value is -3.00. The summed E-state index contributed by atoms with van der Waals surface area (Å²) in [7, 11) is -3.75. The zero-order valence-electron chi connectivity index (χ0n) is 14.0. The molecule has 0 bridgehead atoms. The molecule has 0 unspecified atom stereocenters. The van der Waals surface area contributed by atoms with Gasteiger partial charge in [0.15, 0.2) is 0 Å². The van der Waals surface area contributed by atoms with E-state index in [9.17, 15) is 12.8 Å². The van der Waals surface area contributed by atoms with Crippen LogP contribution in [0.4, 0.5) is 4.39 Å². The number of aromatic nitrogens is 2. The van der Waals surface area contributed by atoms with Crippen LogP contribution in [0.5, 0.6) is 0 Å². The fourth-order valence-corrected chi connectivity index (χ4v) is 3.15. The Labute approximate surface area is 150 Å². The molecule has 0 spiro atoms. The maximum atomic E-state index is 13.0. The lowest BCUT2D eigenvalue weighted by atomic mass is 10.1. The number of nitrogens with one attached hydrogen (secondary N) is 2. The number of sulfonamides is 1. The van der Waals surface area contributed by atoms with Crippen molar-refractivity contribution < 1.29 is 12.8 Å². The fraction of sp³-hybridized carbons (Fsp3) is 0.111. The van der Waals surface area contributed by atoms with Crippen molar-refractivity contribution in [1.82, 2.24) is 15.0 Å². The van der Waals surface area contributed by atoms with E-state index in [4.69, 9.17) is 0 Å². The molecule has 0 aliphatic heterocycles. The summed E-state index contributed by atoms with van der Waals surface area (Å²) >= 11 is 0. The van der Waals surface area contributed by atoms with Gasteiger partial charge in [0.05, 0.1) is 23.0 Å². The standard InChI is InChI=1S/C18H17FN4O2S/c1-2-13-3-9-17(10-4-13)26(24,25)23-21-12-15-11-20-22-18(15)14-5-7-16(19)8-6-14/h3-12,23H,2H2,1H3,(H,20,22)/b21-12+. The predicted octanol–water partition coefficient (Wildman–Crippen LogP) is 3.09. The Morgan fingerprint density at radius 2 is 1.85 bits per heavy atom. The molecule has 0 atom stereocenters. The number of H-pyrrole nitrogens is 1. The maximum absolute atomic E-state index is 13.0. The van der Waals surface area contributed by atoms with Crippen molar-refractivity contribution in [2.24, 2.45) is 5.10 Å². The van der Waals surface area contributed by atoms with E-state index in [-0.39, 0.29) is 10.7 Å². The van der Waals surface area contributed by atoms with Gasteiger partial charge < -0.3 is 0 Å². The Morgan fingerprint density at radius 3 is 2.50 bits per heavy atom. The topological polar surface area (TPSA) is 87.2 Å². The second-order valence-corrected chi connectivity index (χ2v) is 7.22. The Balaban J connectivity index is 1.76. The lowest BCUT2D eigenvalue weighted by Gasteiger charge is -2.04. The zero-order chi connectivity index (χ0) is 18.6. The highest BCUT2D eigenvalue weighted by molar-refractivity contribution is 7.89.